The van der Waals surface area contributed by atoms with Crippen LogP contribution in [0.25, 0.3) is 0 Å². The number of anilines is 1. The second-order valence-corrected chi connectivity index (χ2v) is 6.78. The summed E-state index contributed by atoms with van der Waals surface area (Å²) in [6.45, 7) is 5.54. The van der Waals surface area contributed by atoms with Crippen LogP contribution >= 0.6 is 0 Å². The first-order valence-electron chi connectivity index (χ1n) is 5.22. The van der Waals surface area contributed by atoms with Gasteiger partial charge in [0.15, 0.2) is 5.78 Å². The van der Waals surface area contributed by atoms with Crippen LogP contribution in [0.3, 0.4) is 0 Å². The lowest BCUT2D eigenvalue weighted by Gasteiger charge is -2.16. The van der Waals surface area contributed by atoms with Gasteiger partial charge in [0.2, 0.25) is 10.0 Å². The smallest absolute Gasteiger partial charge is 0.229 e. The van der Waals surface area contributed by atoms with E-state index in [1.54, 1.807) is 24.3 Å². The fourth-order valence-corrected chi connectivity index (χ4v) is 1.90. The van der Waals surface area contributed by atoms with Crippen LogP contribution in [0.2, 0.25) is 0 Å². The molecule has 94 valence electrons. The molecular formula is C12H17NO3S. The summed E-state index contributed by atoms with van der Waals surface area (Å²) in [5, 5.41) is 0. The Morgan fingerprint density at radius 2 is 1.59 bits per heavy atom. The summed E-state index contributed by atoms with van der Waals surface area (Å²) in [7, 11) is -3.27. The summed E-state index contributed by atoms with van der Waals surface area (Å²) in [5.74, 6) is 0.0309. The molecule has 0 saturated carbocycles. The first-order chi connectivity index (χ1) is 7.59. The van der Waals surface area contributed by atoms with E-state index >= 15 is 0 Å². The standard InChI is InChI=1S/C12H17NO3S/c1-12(2,3)11(14)9-5-7-10(8-6-9)13-17(4,15)16/h5-8,13H,1-4H3. The van der Waals surface area contributed by atoms with E-state index in [1.807, 2.05) is 20.8 Å². The minimum atomic E-state index is -3.27. The number of sulfonamides is 1. The van der Waals surface area contributed by atoms with E-state index < -0.39 is 15.4 Å². The predicted molar refractivity (Wildman–Crippen MR) is 68.7 cm³/mol. The van der Waals surface area contributed by atoms with Gasteiger partial charge in [-0.1, -0.05) is 20.8 Å². The topological polar surface area (TPSA) is 63.2 Å². The van der Waals surface area contributed by atoms with Crippen molar-refractivity contribution in [1.82, 2.24) is 0 Å². The summed E-state index contributed by atoms with van der Waals surface area (Å²) in [6, 6.07) is 6.42. The van der Waals surface area contributed by atoms with Gasteiger partial charge in [0.1, 0.15) is 0 Å². The van der Waals surface area contributed by atoms with Crippen LogP contribution in [0, 0.1) is 5.41 Å². The Labute approximate surface area is 102 Å². The molecule has 0 heterocycles. The number of benzene rings is 1. The Morgan fingerprint density at radius 3 is 1.94 bits per heavy atom. The number of Topliss-reactive ketones (excluding diaryl/α,β-unsaturated/α-hetero) is 1. The van der Waals surface area contributed by atoms with Crippen LogP contribution < -0.4 is 4.72 Å². The first kappa shape index (κ1) is 13.7. The van der Waals surface area contributed by atoms with E-state index in [4.69, 9.17) is 0 Å². The monoisotopic (exact) mass is 255 g/mol. The van der Waals surface area contributed by atoms with Crippen molar-refractivity contribution in [2.24, 2.45) is 5.41 Å². The summed E-state index contributed by atoms with van der Waals surface area (Å²) in [6.07, 6.45) is 1.08. The summed E-state index contributed by atoms with van der Waals surface area (Å²) >= 11 is 0. The number of hydrogen-bond acceptors (Lipinski definition) is 3. The molecule has 0 aromatic heterocycles. The van der Waals surface area contributed by atoms with Gasteiger partial charge >= 0.3 is 0 Å². The van der Waals surface area contributed by atoms with Gasteiger partial charge in [-0.05, 0) is 24.3 Å². The van der Waals surface area contributed by atoms with Crippen LogP contribution in [0.1, 0.15) is 31.1 Å². The summed E-state index contributed by atoms with van der Waals surface area (Å²) in [4.78, 5) is 11.9. The second-order valence-electron chi connectivity index (χ2n) is 5.03. The Morgan fingerprint density at radius 1 is 1.12 bits per heavy atom. The molecule has 0 unspecified atom stereocenters. The Kier molecular flexibility index (Phi) is 3.62. The molecule has 0 aliphatic heterocycles. The van der Waals surface area contributed by atoms with Gasteiger partial charge in [-0.15, -0.1) is 0 Å². The van der Waals surface area contributed by atoms with Gasteiger partial charge in [-0.3, -0.25) is 9.52 Å². The van der Waals surface area contributed by atoms with E-state index in [2.05, 4.69) is 4.72 Å². The highest BCUT2D eigenvalue weighted by atomic mass is 32.2. The third-order valence-electron chi connectivity index (χ3n) is 2.13. The van der Waals surface area contributed by atoms with Crippen LogP contribution in [0.5, 0.6) is 0 Å². The van der Waals surface area contributed by atoms with Crippen molar-refractivity contribution in [2.45, 2.75) is 20.8 Å². The average Bonchev–Trinajstić information content (AvgIpc) is 2.14. The van der Waals surface area contributed by atoms with Crippen molar-refractivity contribution in [2.75, 3.05) is 11.0 Å². The van der Waals surface area contributed by atoms with Crippen LogP contribution in [-0.2, 0) is 10.0 Å². The van der Waals surface area contributed by atoms with E-state index in [0.29, 0.717) is 11.3 Å². The van der Waals surface area contributed by atoms with Crippen molar-refractivity contribution >= 4 is 21.5 Å². The molecule has 1 N–H and O–H groups in total. The van der Waals surface area contributed by atoms with Crippen molar-refractivity contribution < 1.29 is 13.2 Å². The highest BCUT2D eigenvalue weighted by Gasteiger charge is 2.22. The largest absolute Gasteiger partial charge is 0.294 e. The molecule has 0 fully saturated rings. The zero-order chi connectivity index (χ0) is 13.3. The van der Waals surface area contributed by atoms with Crippen molar-refractivity contribution in [3.05, 3.63) is 29.8 Å². The predicted octanol–water partition coefficient (Wildman–Crippen LogP) is 2.29. The molecule has 1 rings (SSSR count). The second kappa shape index (κ2) is 4.49. The molecule has 0 bridgehead atoms. The molecular weight excluding hydrogens is 238 g/mol. The lowest BCUT2D eigenvalue weighted by atomic mass is 9.86. The van der Waals surface area contributed by atoms with Crippen LogP contribution in [-0.4, -0.2) is 20.5 Å². The fraction of sp³-hybridized carbons (Fsp3) is 0.417. The van der Waals surface area contributed by atoms with Gasteiger partial charge in [-0.25, -0.2) is 8.42 Å². The molecule has 1 aromatic rings. The van der Waals surface area contributed by atoms with Crippen LogP contribution in [0.4, 0.5) is 5.69 Å². The maximum absolute atomic E-state index is 11.9. The maximum atomic E-state index is 11.9. The molecule has 0 aliphatic rings. The Hall–Kier alpha value is -1.36. The van der Waals surface area contributed by atoms with Crippen LogP contribution in [0.15, 0.2) is 24.3 Å². The Balaban J connectivity index is 2.93. The van der Waals surface area contributed by atoms with Gasteiger partial charge in [0.25, 0.3) is 0 Å². The average molecular weight is 255 g/mol. The number of nitrogens with one attached hydrogen (secondary N) is 1. The van der Waals surface area contributed by atoms with Crippen molar-refractivity contribution in [3.63, 3.8) is 0 Å². The van der Waals surface area contributed by atoms with Gasteiger partial charge in [0.05, 0.1) is 6.26 Å². The molecule has 0 atom stereocenters. The number of carbonyl (C=O) groups excluding carboxylic acids is 1. The zero-order valence-corrected chi connectivity index (χ0v) is 11.3. The lowest BCUT2D eigenvalue weighted by molar-refractivity contribution is 0.0858. The molecule has 0 spiro atoms. The number of carbonyl (C=O) groups is 1. The number of hydrogen-bond donors (Lipinski definition) is 1. The third kappa shape index (κ3) is 4.19. The van der Waals surface area contributed by atoms with Gasteiger partial charge in [-0.2, -0.15) is 0 Å². The maximum Gasteiger partial charge on any atom is 0.229 e. The molecule has 4 nitrogen and oxygen atoms in total. The summed E-state index contributed by atoms with van der Waals surface area (Å²) < 4.78 is 24.3. The quantitative estimate of drug-likeness (QED) is 0.843. The van der Waals surface area contributed by atoms with E-state index in [-0.39, 0.29) is 5.78 Å². The number of ketones is 1. The lowest BCUT2D eigenvalue weighted by Crippen LogP contribution is -2.20. The minimum absolute atomic E-state index is 0.0309. The van der Waals surface area contributed by atoms with Crippen molar-refractivity contribution in [3.8, 4) is 0 Å². The minimum Gasteiger partial charge on any atom is -0.294 e. The fourth-order valence-electron chi connectivity index (χ4n) is 1.34. The summed E-state index contributed by atoms with van der Waals surface area (Å²) in [5.41, 5.74) is 0.598. The van der Waals surface area contributed by atoms with E-state index in [9.17, 15) is 13.2 Å². The normalized spacial score (nSPS) is 12.2. The molecule has 1 aromatic carbocycles. The highest BCUT2D eigenvalue weighted by molar-refractivity contribution is 7.92. The molecule has 0 saturated heterocycles. The highest BCUT2D eigenvalue weighted by Crippen LogP contribution is 2.21. The first-order valence-corrected chi connectivity index (χ1v) is 7.11. The van der Waals surface area contributed by atoms with E-state index in [1.165, 1.54) is 0 Å². The number of rotatable bonds is 3. The molecule has 0 aliphatic carbocycles. The Bertz CT molecular complexity index is 510. The molecule has 0 amide bonds. The van der Waals surface area contributed by atoms with Gasteiger partial charge < -0.3 is 0 Å². The molecule has 5 heteroatoms. The van der Waals surface area contributed by atoms with Crippen molar-refractivity contribution in [1.29, 1.82) is 0 Å². The SMILES string of the molecule is CC(C)(C)C(=O)c1ccc(NS(C)(=O)=O)cc1. The van der Waals surface area contributed by atoms with Gasteiger partial charge in [0, 0.05) is 16.7 Å². The van der Waals surface area contributed by atoms with E-state index in [0.717, 1.165) is 6.26 Å². The third-order valence-corrected chi connectivity index (χ3v) is 2.74. The zero-order valence-electron chi connectivity index (χ0n) is 10.4. The molecule has 0 radical (unpaired) electrons. The molecule has 17 heavy (non-hydrogen) atoms.